The smallest absolute Gasteiger partial charge is 0.199 e. The molecule has 0 amide bonds. The lowest BCUT2D eigenvalue weighted by Gasteiger charge is -2.11. The van der Waals surface area contributed by atoms with Gasteiger partial charge < -0.3 is 24.4 Å². The van der Waals surface area contributed by atoms with Crippen molar-refractivity contribution in [3.05, 3.63) is 101 Å². The first-order valence-corrected chi connectivity index (χ1v) is 12.6. The van der Waals surface area contributed by atoms with Gasteiger partial charge in [0.1, 0.15) is 35.9 Å². The first-order chi connectivity index (χ1) is 19.5. The number of aromatic amines is 1. The zero-order valence-electron chi connectivity index (χ0n) is 22.1. The van der Waals surface area contributed by atoms with Gasteiger partial charge in [-0.2, -0.15) is 5.10 Å². The number of aldehydes is 1. The molecule has 10 heteroatoms. The maximum Gasteiger partial charge on any atom is 0.199 e. The highest BCUT2D eigenvalue weighted by Gasteiger charge is 2.29. The fraction of sp³-hybridized carbons (Fsp3) is 0.200. The largest absolute Gasteiger partial charge is 0.492 e. The summed E-state index contributed by atoms with van der Waals surface area (Å²) >= 11 is 0. The first-order valence-electron chi connectivity index (χ1n) is 12.6. The van der Waals surface area contributed by atoms with Crippen molar-refractivity contribution in [3.63, 3.8) is 0 Å². The normalized spacial score (nSPS) is 13.4. The van der Waals surface area contributed by atoms with Gasteiger partial charge in [-0.15, -0.1) is 0 Å². The molecule has 0 fully saturated rings. The Balaban J connectivity index is 0.000000886. The number of aliphatic hydroxyl groups excluding tert-OH is 1. The molecule has 2 N–H and O–H groups in total. The quantitative estimate of drug-likeness (QED) is 0.236. The Morgan fingerprint density at radius 2 is 1.90 bits per heavy atom. The lowest BCUT2D eigenvalue weighted by Crippen LogP contribution is -2.06. The summed E-state index contributed by atoms with van der Waals surface area (Å²) in [4.78, 5) is 13.7. The molecule has 208 valence electrons. The molecule has 7 nitrogen and oxygen atoms in total. The lowest BCUT2D eigenvalue weighted by atomic mass is 9.96. The molecule has 1 aliphatic heterocycles. The fourth-order valence-electron chi connectivity index (χ4n) is 4.52. The summed E-state index contributed by atoms with van der Waals surface area (Å²) < 4.78 is 56.8. The number of carbonyl (C=O) groups is 1. The van der Waals surface area contributed by atoms with Crippen molar-refractivity contribution >= 4 is 17.2 Å². The van der Waals surface area contributed by atoms with E-state index >= 15 is 0 Å². The number of fused-ring (bicyclic) bond motifs is 2. The molecule has 40 heavy (non-hydrogen) atoms. The highest BCUT2D eigenvalue weighted by molar-refractivity contribution is 5.82. The predicted molar refractivity (Wildman–Crippen MR) is 145 cm³/mol. The molecule has 0 saturated heterocycles. The van der Waals surface area contributed by atoms with Crippen molar-refractivity contribution in [2.45, 2.75) is 26.2 Å². The van der Waals surface area contributed by atoms with Gasteiger partial charge in [-0.25, -0.2) is 17.9 Å². The minimum absolute atomic E-state index is 0.0455. The standard InChI is InChI=1S/C27H18F3N3O3.C2H6.CH4O/c28-20-5-4-16(36-27-21(29)13-23-18(25(27)30)6-9-31-23)12-24(20)33-10-7-22(32-33)19-14-35-26-15(8-11-34)2-1-3-17(19)26;2*1-2/h1-7,9-13,19,31H,8,14H2;1-2H3;2H,1H3. The number of H-pyrrole nitrogens is 1. The van der Waals surface area contributed by atoms with Crippen LogP contribution in [0.1, 0.15) is 36.6 Å². The van der Waals surface area contributed by atoms with Gasteiger partial charge in [0.2, 0.25) is 0 Å². The molecule has 0 spiro atoms. The summed E-state index contributed by atoms with van der Waals surface area (Å²) in [6.45, 7) is 4.34. The van der Waals surface area contributed by atoms with Gasteiger partial charge in [-0.1, -0.05) is 32.0 Å². The van der Waals surface area contributed by atoms with Gasteiger partial charge in [-0.05, 0) is 24.3 Å². The number of benzene rings is 3. The molecule has 0 bridgehead atoms. The molecule has 0 saturated carbocycles. The minimum atomic E-state index is -0.886. The van der Waals surface area contributed by atoms with Crippen LogP contribution in [0.15, 0.2) is 67.0 Å². The summed E-state index contributed by atoms with van der Waals surface area (Å²) in [6.07, 6.45) is 4.17. The van der Waals surface area contributed by atoms with Gasteiger partial charge >= 0.3 is 0 Å². The number of carbonyl (C=O) groups excluding carboxylic acids is 1. The van der Waals surface area contributed by atoms with Crippen molar-refractivity contribution in [1.82, 2.24) is 14.8 Å². The third-order valence-electron chi connectivity index (χ3n) is 6.25. The third kappa shape index (κ3) is 5.30. The second-order valence-electron chi connectivity index (χ2n) is 8.41. The molecule has 1 unspecified atom stereocenters. The molecule has 0 aliphatic carbocycles. The molecular weight excluding hydrogens is 523 g/mol. The van der Waals surface area contributed by atoms with Gasteiger partial charge in [0.25, 0.3) is 0 Å². The van der Waals surface area contributed by atoms with Crippen molar-refractivity contribution < 1.29 is 32.5 Å². The van der Waals surface area contributed by atoms with Gasteiger partial charge in [-0.3, -0.25) is 0 Å². The Bertz CT molecular complexity index is 1630. The van der Waals surface area contributed by atoms with Crippen LogP contribution in [0.5, 0.6) is 17.2 Å². The lowest BCUT2D eigenvalue weighted by molar-refractivity contribution is -0.107. The number of nitrogens with zero attached hydrogens (tertiary/aromatic N) is 2. The van der Waals surface area contributed by atoms with E-state index in [1.54, 1.807) is 12.3 Å². The van der Waals surface area contributed by atoms with E-state index < -0.39 is 23.2 Å². The van der Waals surface area contributed by atoms with Crippen LogP contribution in [0.3, 0.4) is 0 Å². The number of hydrogen-bond donors (Lipinski definition) is 2. The number of nitrogens with one attached hydrogen (secondary N) is 1. The summed E-state index contributed by atoms with van der Waals surface area (Å²) in [5.41, 5.74) is 2.71. The van der Waals surface area contributed by atoms with E-state index in [1.165, 1.54) is 29.1 Å². The maximum atomic E-state index is 14.8. The van der Waals surface area contributed by atoms with Gasteiger partial charge in [0.05, 0.1) is 17.1 Å². The monoisotopic (exact) mass is 551 g/mol. The van der Waals surface area contributed by atoms with E-state index in [-0.39, 0.29) is 29.2 Å². The van der Waals surface area contributed by atoms with E-state index in [0.717, 1.165) is 36.7 Å². The van der Waals surface area contributed by atoms with Crippen LogP contribution < -0.4 is 9.47 Å². The van der Waals surface area contributed by atoms with Crippen molar-refractivity contribution in [1.29, 1.82) is 0 Å². The SMILES string of the molecule is CC.CO.O=CCc1cccc2c1OCC2c1ccn(-c2cc(Oc3c(F)cc4[nH]ccc4c3F)ccc2F)n1. The van der Waals surface area contributed by atoms with Crippen LogP contribution >= 0.6 is 0 Å². The Kier molecular flexibility index (Phi) is 8.90. The Labute approximate surface area is 228 Å². The number of para-hydroxylation sites is 1. The molecule has 5 aromatic rings. The number of aliphatic hydroxyl groups is 1. The second-order valence-corrected chi connectivity index (χ2v) is 8.41. The number of hydrogen-bond acceptors (Lipinski definition) is 5. The third-order valence-corrected chi connectivity index (χ3v) is 6.25. The van der Waals surface area contributed by atoms with Crippen LogP contribution in [-0.2, 0) is 11.2 Å². The first kappa shape index (κ1) is 28.4. The number of halogens is 3. The van der Waals surface area contributed by atoms with Crippen LogP contribution in [0.4, 0.5) is 13.2 Å². The molecular formula is C30H28F3N3O4. The molecule has 1 atom stereocenters. The van der Waals surface area contributed by atoms with Crippen molar-refractivity contribution in [2.24, 2.45) is 0 Å². The molecule has 1 aliphatic rings. The van der Waals surface area contributed by atoms with Crippen LogP contribution in [0, 0.1) is 17.5 Å². The Morgan fingerprint density at radius 1 is 1.10 bits per heavy atom. The number of ether oxygens (including phenoxy) is 2. The molecule has 0 radical (unpaired) electrons. The predicted octanol–water partition coefficient (Wildman–Crippen LogP) is 6.46. The zero-order valence-corrected chi connectivity index (χ0v) is 22.1. The van der Waals surface area contributed by atoms with Crippen molar-refractivity contribution in [2.75, 3.05) is 13.7 Å². The summed E-state index contributed by atoms with van der Waals surface area (Å²) in [5, 5.41) is 11.7. The molecule has 6 rings (SSSR count). The minimum Gasteiger partial charge on any atom is -0.492 e. The average molecular weight is 552 g/mol. The van der Waals surface area contributed by atoms with Crippen LogP contribution in [0.25, 0.3) is 16.6 Å². The Morgan fingerprint density at radius 3 is 2.67 bits per heavy atom. The topological polar surface area (TPSA) is 89.4 Å². The van der Waals surface area contributed by atoms with Gasteiger partial charge in [0, 0.05) is 54.6 Å². The number of rotatable bonds is 6. The van der Waals surface area contributed by atoms with Crippen LogP contribution in [0.2, 0.25) is 0 Å². The highest BCUT2D eigenvalue weighted by Crippen LogP contribution is 2.40. The van der Waals surface area contributed by atoms with E-state index in [9.17, 15) is 18.0 Å². The van der Waals surface area contributed by atoms with Crippen LogP contribution in [-0.4, -0.2) is 39.9 Å². The Hall–Kier alpha value is -4.57. The van der Waals surface area contributed by atoms with Gasteiger partial charge in [0.15, 0.2) is 17.4 Å². The van der Waals surface area contributed by atoms with E-state index in [0.29, 0.717) is 23.6 Å². The summed E-state index contributed by atoms with van der Waals surface area (Å²) in [5.74, 6) is -2.37. The van der Waals surface area contributed by atoms with Crippen molar-refractivity contribution in [3.8, 4) is 22.9 Å². The summed E-state index contributed by atoms with van der Waals surface area (Å²) in [7, 11) is 1.00. The average Bonchev–Trinajstić information content (AvgIpc) is 3.74. The van der Waals surface area contributed by atoms with E-state index in [1.807, 2.05) is 32.0 Å². The second kappa shape index (κ2) is 12.5. The highest BCUT2D eigenvalue weighted by atomic mass is 19.1. The molecule has 3 heterocycles. The zero-order chi connectivity index (χ0) is 28.8. The molecule has 2 aromatic heterocycles. The van der Waals surface area contributed by atoms with E-state index in [2.05, 4.69) is 10.1 Å². The molecule has 3 aromatic carbocycles. The van der Waals surface area contributed by atoms with E-state index in [4.69, 9.17) is 14.6 Å². The maximum absolute atomic E-state index is 14.8. The fourth-order valence-corrected chi connectivity index (χ4v) is 4.52. The number of aromatic nitrogens is 3. The summed E-state index contributed by atoms with van der Waals surface area (Å²) in [6, 6.07) is 13.8.